The van der Waals surface area contributed by atoms with Gasteiger partial charge in [-0.3, -0.25) is 9.59 Å². The third-order valence-electron chi connectivity index (χ3n) is 2.34. The summed E-state index contributed by atoms with van der Waals surface area (Å²) in [6.07, 6.45) is 1.43. The van der Waals surface area contributed by atoms with E-state index in [2.05, 4.69) is 15.6 Å². The maximum absolute atomic E-state index is 11.8. The lowest BCUT2D eigenvalue weighted by Gasteiger charge is -2.14. The quantitative estimate of drug-likeness (QED) is 0.593. The van der Waals surface area contributed by atoms with E-state index >= 15 is 0 Å². The van der Waals surface area contributed by atoms with Gasteiger partial charge in [0.05, 0.1) is 6.61 Å². The first kappa shape index (κ1) is 15.4. The molecule has 0 saturated heterocycles. The van der Waals surface area contributed by atoms with E-state index in [0.717, 1.165) is 0 Å². The van der Waals surface area contributed by atoms with Gasteiger partial charge in [0.15, 0.2) is 0 Å². The molecule has 1 aromatic heterocycles. The molecule has 1 heterocycles. The number of carbonyl (C=O) groups excluding carboxylic acids is 2. The van der Waals surface area contributed by atoms with E-state index in [1.54, 1.807) is 14.0 Å². The Hall–Kier alpha value is -1.66. The van der Waals surface area contributed by atoms with Crippen LogP contribution in [0.25, 0.3) is 0 Å². The van der Waals surface area contributed by atoms with Gasteiger partial charge in [0.1, 0.15) is 11.2 Å². The Kier molecular flexibility index (Phi) is 6.24. The van der Waals surface area contributed by atoms with Gasteiger partial charge >= 0.3 is 0 Å². The van der Waals surface area contributed by atoms with E-state index in [9.17, 15) is 9.59 Å². The Bertz CT molecular complexity index is 454. The number of pyridine rings is 1. The number of ether oxygens (including phenoxy) is 1. The molecule has 1 atom stereocenters. The van der Waals surface area contributed by atoms with Gasteiger partial charge in [-0.2, -0.15) is 0 Å². The molecule has 104 valence electrons. The second-order valence-corrected chi connectivity index (χ2v) is 4.23. The van der Waals surface area contributed by atoms with E-state index in [1.165, 1.54) is 18.3 Å². The van der Waals surface area contributed by atoms with Gasteiger partial charge in [0, 0.05) is 25.4 Å². The lowest BCUT2D eigenvalue weighted by Crippen LogP contribution is -2.45. The van der Waals surface area contributed by atoms with Crippen LogP contribution in [0.5, 0.6) is 0 Å². The molecule has 1 aromatic rings. The Morgan fingerprint density at radius 3 is 2.89 bits per heavy atom. The monoisotopic (exact) mass is 285 g/mol. The van der Waals surface area contributed by atoms with Gasteiger partial charge in [-0.25, -0.2) is 4.98 Å². The lowest BCUT2D eigenvalue weighted by atomic mass is 10.2. The molecule has 1 rings (SSSR count). The summed E-state index contributed by atoms with van der Waals surface area (Å²) in [5.74, 6) is -0.649. The highest BCUT2D eigenvalue weighted by atomic mass is 35.5. The normalized spacial score (nSPS) is 11.7. The molecule has 7 heteroatoms. The number of halogens is 1. The molecule has 2 amide bonds. The van der Waals surface area contributed by atoms with Gasteiger partial charge in [0.25, 0.3) is 5.91 Å². The van der Waals surface area contributed by atoms with Crippen LogP contribution in [0.1, 0.15) is 17.3 Å². The standard InChI is InChI=1S/C12H16ClN3O3/c1-8(11(17)15-5-6-19-2)16-12(18)9-3-4-14-10(13)7-9/h3-4,7-8H,5-6H2,1-2H3,(H,15,17)(H,16,18). The Morgan fingerprint density at radius 1 is 1.53 bits per heavy atom. The summed E-state index contributed by atoms with van der Waals surface area (Å²) in [5, 5.41) is 5.43. The predicted molar refractivity (Wildman–Crippen MR) is 71.1 cm³/mol. The third kappa shape index (κ3) is 5.23. The molecular formula is C12H16ClN3O3. The number of hydrogen-bond donors (Lipinski definition) is 2. The van der Waals surface area contributed by atoms with Crippen LogP contribution in [-0.2, 0) is 9.53 Å². The first-order valence-corrected chi connectivity index (χ1v) is 6.11. The van der Waals surface area contributed by atoms with Crippen molar-refractivity contribution in [3.05, 3.63) is 29.0 Å². The minimum atomic E-state index is -0.642. The van der Waals surface area contributed by atoms with Crippen LogP contribution in [0.4, 0.5) is 0 Å². The summed E-state index contributed by atoms with van der Waals surface area (Å²) >= 11 is 5.69. The molecule has 0 aromatic carbocycles. The summed E-state index contributed by atoms with van der Waals surface area (Å²) in [6.45, 7) is 2.42. The smallest absolute Gasteiger partial charge is 0.252 e. The van der Waals surface area contributed by atoms with E-state index in [1.807, 2.05) is 0 Å². The SMILES string of the molecule is COCCNC(=O)C(C)NC(=O)c1ccnc(Cl)c1. The molecule has 2 N–H and O–H groups in total. The minimum Gasteiger partial charge on any atom is -0.383 e. The second-order valence-electron chi connectivity index (χ2n) is 3.85. The summed E-state index contributed by atoms with van der Waals surface area (Å²) in [4.78, 5) is 27.2. The van der Waals surface area contributed by atoms with Crippen molar-refractivity contribution in [3.8, 4) is 0 Å². The molecule has 19 heavy (non-hydrogen) atoms. The Labute approximate surface area is 116 Å². The van der Waals surface area contributed by atoms with Gasteiger partial charge in [-0.15, -0.1) is 0 Å². The number of carbonyl (C=O) groups is 2. The highest BCUT2D eigenvalue weighted by molar-refractivity contribution is 6.29. The Balaban J connectivity index is 2.49. The molecule has 0 fully saturated rings. The van der Waals surface area contributed by atoms with Gasteiger partial charge in [-0.1, -0.05) is 11.6 Å². The highest BCUT2D eigenvalue weighted by Gasteiger charge is 2.16. The Morgan fingerprint density at radius 2 is 2.26 bits per heavy atom. The van der Waals surface area contributed by atoms with Crippen LogP contribution in [0, 0.1) is 0 Å². The lowest BCUT2D eigenvalue weighted by molar-refractivity contribution is -0.122. The summed E-state index contributed by atoms with van der Waals surface area (Å²) in [6, 6.07) is 2.32. The van der Waals surface area contributed by atoms with Crippen LogP contribution in [-0.4, -0.2) is 43.1 Å². The maximum atomic E-state index is 11.8. The number of rotatable bonds is 6. The summed E-state index contributed by atoms with van der Waals surface area (Å²) in [5.41, 5.74) is 0.358. The molecule has 0 aliphatic rings. The zero-order valence-electron chi connectivity index (χ0n) is 10.8. The van der Waals surface area contributed by atoms with E-state index in [0.29, 0.717) is 18.7 Å². The fraction of sp³-hybridized carbons (Fsp3) is 0.417. The molecule has 0 spiro atoms. The van der Waals surface area contributed by atoms with Crippen LogP contribution < -0.4 is 10.6 Å². The van der Waals surface area contributed by atoms with Crippen molar-refractivity contribution in [2.75, 3.05) is 20.3 Å². The first-order chi connectivity index (χ1) is 9.04. The molecule has 1 unspecified atom stereocenters. The zero-order chi connectivity index (χ0) is 14.3. The average molecular weight is 286 g/mol. The van der Waals surface area contributed by atoms with Crippen molar-refractivity contribution in [1.29, 1.82) is 0 Å². The number of amides is 2. The zero-order valence-corrected chi connectivity index (χ0v) is 11.5. The van der Waals surface area contributed by atoms with Crippen molar-refractivity contribution in [3.63, 3.8) is 0 Å². The highest BCUT2D eigenvalue weighted by Crippen LogP contribution is 2.06. The number of nitrogens with one attached hydrogen (secondary N) is 2. The first-order valence-electron chi connectivity index (χ1n) is 5.73. The fourth-order valence-electron chi connectivity index (χ4n) is 1.32. The van der Waals surface area contributed by atoms with Crippen molar-refractivity contribution in [2.45, 2.75) is 13.0 Å². The summed E-state index contributed by atoms with van der Waals surface area (Å²) in [7, 11) is 1.55. The maximum Gasteiger partial charge on any atom is 0.252 e. The average Bonchev–Trinajstić information content (AvgIpc) is 2.38. The van der Waals surface area contributed by atoms with Crippen molar-refractivity contribution in [2.24, 2.45) is 0 Å². The van der Waals surface area contributed by atoms with E-state index < -0.39 is 6.04 Å². The van der Waals surface area contributed by atoms with Crippen molar-refractivity contribution < 1.29 is 14.3 Å². The third-order valence-corrected chi connectivity index (χ3v) is 2.54. The molecule has 6 nitrogen and oxygen atoms in total. The number of aromatic nitrogens is 1. The molecule has 0 saturated carbocycles. The minimum absolute atomic E-state index is 0.227. The van der Waals surface area contributed by atoms with Gasteiger partial charge in [0.2, 0.25) is 5.91 Å². The predicted octanol–water partition coefficient (Wildman–Crippen LogP) is 0.616. The molecule has 0 bridgehead atoms. The van der Waals surface area contributed by atoms with Gasteiger partial charge in [-0.05, 0) is 19.1 Å². The number of nitrogens with zero attached hydrogens (tertiary/aromatic N) is 1. The van der Waals surface area contributed by atoms with Crippen molar-refractivity contribution in [1.82, 2.24) is 15.6 Å². The topological polar surface area (TPSA) is 80.3 Å². The van der Waals surface area contributed by atoms with Crippen LogP contribution in [0.2, 0.25) is 5.15 Å². The molecule has 0 aliphatic carbocycles. The molecule has 0 aliphatic heterocycles. The molecule has 0 radical (unpaired) electrons. The largest absolute Gasteiger partial charge is 0.383 e. The van der Waals surface area contributed by atoms with Crippen LogP contribution in [0.3, 0.4) is 0 Å². The van der Waals surface area contributed by atoms with Gasteiger partial charge < -0.3 is 15.4 Å². The van der Waals surface area contributed by atoms with Crippen LogP contribution in [0.15, 0.2) is 18.3 Å². The summed E-state index contributed by atoms with van der Waals surface area (Å²) < 4.78 is 4.81. The molecular weight excluding hydrogens is 270 g/mol. The van der Waals surface area contributed by atoms with Crippen LogP contribution >= 0.6 is 11.6 Å². The van der Waals surface area contributed by atoms with Crippen molar-refractivity contribution >= 4 is 23.4 Å². The van der Waals surface area contributed by atoms with E-state index in [-0.39, 0.29) is 17.0 Å². The number of methoxy groups -OCH3 is 1. The second kappa shape index (κ2) is 7.70. The van der Waals surface area contributed by atoms with E-state index in [4.69, 9.17) is 16.3 Å². The number of hydrogen-bond acceptors (Lipinski definition) is 4. The fourth-order valence-corrected chi connectivity index (χ4v) is 1.49.